The predicted molar refractivity (Wildman–Crippen MR) is 107 cm³/mol. The second kappa shape index (κ2) is 6.77. The van der Waals surface area contributed by atoms with E-state index in [2.05, 4.69) is 4.98 Å². The Labute approximate surface area is 167 Å². The molecule has 1 N–H and O–H groups in total. The van der Waals surface area contributed by atoms with Crippen molar-refractivity contribution in [3.8, 4) is 0 Å². The Morgan fingerprint density at radius 2 is 2.07 bits per heavy atom. The monoisotopic (exact) mass is 406 g/mol. The number of hydrogen-bond donors (Lipinski definition) is 1. The Hall–Kier alpha value is -2.61. The zero-order chi connectivity index (χ0) is 21.0. The van der Waals surface area contributed by atoms with Crippen LogP contribution in [-0.4, -0.2) is 43.2 Å². The first-order valence-corrected chi connectivity index (χ1v) is 9.30. The number of halogens is 1. The van der Waals surface area contributed by atoms with Crippen LogP contribution in [0.4, 0.5) is 10.5 Å². The standard InChI is InChI=1S/C19H23ClN4O4/c1-10-11(6-7-23(18(25)26)16(10)19(2,3)4)12-9-22(5)17-14(12)15(20)13(8-21-17)24(27)28/h6,8-10,16H,7H2,1-5H3,(H,25,26). The number of carboxylic acid groups (broad SMARTS) is 1. The molecule has 0 radical (unpaired) electrons. The van der Waals surface area contributed by atoms with Crippen molar-refractivity contribution >= 4 is 40.0 Å². The van der Waals surface area contributed by atoms with E-state index in [1.165, 1.54) is 4.90 Å². The van der Waals surface area contributed by atoms with E-state index in [4.69, 9.17) is 11.6 Å². The summed E-state index contributed by atoms with van der Waals surface area (Å²) in [6.45, 7) is 8.25. The lowest BCUT2D eigenvalue weighted by molar-refractivity contribution is -0.384. The van der Waals surface area contributed by atoms with Gasteiger partial charge in [-0.2, -0.15) is 0 Å². The smallest absolute Gasteiger partial charge is 0.407 e. The average molecular weight is 407 g/mol. The molecule has 0 aromatic carbocycles. The van der Waals surface area contributed by atoms with Crippen LogP contribution < -0.4 is 0 Å². The van der Waals surface area contributed by atoms with Gasteiger partial charge in [-0.05, 0) is 11.0 Å². The highest BCUT2D eigenvalue weighted by atomic mass is 35.5. The van der Waals surface area contributed by atoms with Crippen molar-refractivity contribution in [2.75, 3.05) is 6.54 Å². The van der Waals surface area contributed by atoms with Crippen molar-refractivity contribution in [1.82, 2.24) is 14.5 Å². The van der Waals surface area contributed by atoms with E-state index in [1.807, 2.05) is 40.0 Å². The minimum Gasteiger partial charge on any atom is -0.465 e. The third kappa shape index (κ3) is 3.11. The summed E-state index contributed by atoms with van der Waals surface area (Å²) in [4.78, 5) is 28.2. The average Bonchev–Trinajstić information content (AvgIpc) is 2.90. The Morgan fingerprint density at radius 1 is 1.43 bits per heavy atom. The van der Waals surface area contributed by atoms with E-state index < -0.39 is 11.0 Å². The van der Waals surface area contributed by atoms with E-state index in [-0.39, 0.29) is 34.6 Å². The molecule has 0 fully saturated rings. The number of rotatable bonds is 2. The highest BCUT2D eigenvalue weighted by Crippen LogP contribution is 2.44. The largest absolute Gasteiger partial charge is 0.465 e. The van der Waals surface area contributed by atoms with Gasteiger partial charge in [0, 0.05) is 37.3 Å². The normalized spacial score (nSPS) is 20.4. The van der Waals surface area contributed by atoms with Crippen molar-refractivity contribution in [1.29, 1.82) is 0 Å². The van der Waals surface area contributed by atoms with Crippen molar-refractivity contribution in [2.45, 2.75) is 33.7 Å². The van der Waals surface area contributed by atoms with E-state index in [0.29, 0.717) is 11.0 Å². The van der Waals surface area contributed by atoms with Gasteiger partial charge >= 0.3 is 11.8 Å². The zero-order valence-corrected chi connectivity index (χ0v) is 17.2. The van der Waals surface area contributed by atoms with Gasteiger partial charge in [-0.25, -0.2) is 9.78 Å². The highest BCUT2D eigenvalue weighted by molar-refractivity contribution is 6.38. The van der Waals surface area contributed by atoms with Gasteiger partial charge in [0.2, 0.25) is 0 Å². The maximum absolute atomic E-state index is 11.8. The Kier molecular flexibility index (Phi) is 4.87. The van der Waals surface area contributed by atoms with Crippen LogP contribution in [0.5, 0.6) is 0 Å². The SMILES string of the molecule is CC1C(c2cn(C)c3ncc([N+](=O)[O-])c(Cl)c23)=CCN(C(=O)O)C1C(C)(C)C. The lowest BCUT2D eigenvalue weighted by Gasteiger charge is -2.45. The third-order valence-corrected chi connectivity index (χ3v) is 5.73. The first kappa shape index (κ1) is 20.1. The molecule has 0 spiro atoms. The van der Waals surface area contributed by atoms with Crippen molar-refractivity contribution in [2.24, 2.45) is 18.4 Å². The zero-order valence-electron chi connectivity index (χ0n) is 16.4. The van der Waals surface area contributed by atoms with Crippen molar-refractivity contribution < 1.29 is 14.8 Å². The lowest BCUT2D eigenvalue weighted by Crippen LogP contribution is -2.52. The van der Waals surface area contributed by atoms with Crippen LogP contribution in [0.3, 0.4) is 0 Å². The van der Waals surface area contributed by atoms with Crippen LogP contribution in [0, 0.1) is 21.4 Å². The summed E-state index contributed by atoms with van der Waals surface area (Å²) in [6, 6.07) is -0.259. The van der Waals surface area contributed by atoms with Gasteiger partial charge in [-0.1, -0.05) is 45.4 Å². The molecule has 3 rings (SSSR count). The molecule has 2 atom stereocenters. The molecule has 8 nitrogen and oxygen atoms in total. The molecular weight excluding hydrogens is 384 g/mol. The minimum atomic E-state index is -0.963. The maximum atomic E-state index is 11.8. The summed E-state index contributed by atoms with van der Waals surface area (Å²) in [5.74, 6) is -0.134. The number of amides is 1. The molecule has 150 valence electrons. The number of fused-ring (bicyclic) bond motifs is 1. The fraction of sp³-hybridized carbons (Fsp3) is 0.474. The number of aromatic nitrogens is 2. The van der Waals surface area contributed by atoms with Gasteiger partial charge in [-0.3, -0.25) is 10.1 Å². The Balaban J connectivity index is 2.23. The van der Waals surface area contributed by atoms with Gasteiger partial charge in [0.25, 0.3) is 0 Å². The summed E-state index contributed by atoms with van der Waals surface area (Å²) in [6.07, 6.45) is 3.92. The van der Waals surface area contributed by atoms with Gasteiger partial charge in [0.15, 0.2) is 0 Å². The van der Waals surface area contributed by atoms with Gasteiger partial charge in [0.05, 0.1) is 10.3 Å². The summed E-state index contributed by atoms with van der Waals surface area (Å²) in [5.41, 5.74) is 1.69. The lowest BCUT2D eigenvalue weighted by atomic mass is 9.72. The highest BCUT2D eigenvalue weighted by Gasteiger charge is 2.41. The second-order valence-corrected chi connectivity index (χ2v) is 8.64. The molecule has 1 aliphatic rings. The number of hydrogen-bond acceptors (Lipinski definition) is 4. The fourth-order valence-corrected chi connectivity index (χ4v) is 4.65. The van der Waals surface area contributed by atoms with Crippen LogP contribution in [0.25, 0.3) is 16.6 Å². The molecule has 0 aliphatic carbocycles. The first-order chi connectivity index (χ1) is 12.9. The molecular formula is C19H23ClN4O4. The van der Waals surface area contributed by atoms with Crippen LogP contribution in [-0.2, 0) is 7.05 Å². The molecule has 0 bridgehead atoms. The summed E-state index contributed by atoms with van der Waals surface area (Å²) in [7, 11) is 1.81. The summed E-state index contributed by atoms with van der Waals surface area (Å²) < 4.78 is 1.78. The molecule has 0 saturated carbocycles. The summed E-state index contributed by atoms with van der Waals surface area (Å²) >= 11 is 6.40. The van der Waals surface area contributed by atoms with Crippen LogP contribution in [0.15, 0.2) is 18.5 Å². The van der Waals surface area contributed by atoms with Gasteiger partial charge in [0.1, 0.15) is 16.9 Å². The quantitative estimate of drug-likeness (QED) is 0.581. The van der Waals surface area contributed by atoms with Crippen LogP contribution >= 0.6 is 11.6 Å². The second-order valence-electron chi connectivity index (χ2n) is 8.26. The molecule has 2 aromatic heterocycles. The van der Waals surface area contributed by atoms with Gasteiger partial charge < -0.3 is 14.6 Å². The van der Waals surface area contributed by atoms with E-state index in [9.17, 15) is 20.0 Å². The number of carbonyl (C=O) groups is 1. The van der Waals surface area contributed by atoms with E-state index in [1.54, 1.807) is 11.6 Å². The minimum absolute atomic E-state index is 0.0478. The van der Waals surface area contributed by atoms with Crippen LogP contribution in [0.1, 0.15) is 33.3 Å². The Morgan fingerprint density at radius 3 is 2.61 bits per heavy atom. The maximum Gasteiger partial charge on any atom is 0.407 e. The number of aryl methyl sites for hydroxylation is 1. The number of nitro groups is 1. The van der Waals surface area contributed by atoms with E-state index in [0.717, 1.165) is 17.3 Å². The predicted octanol–water partition coefficient (Wildman–Crippen LogP) is 4.56. The van der Waals surface area contributed by atoms with Crippen molar-refractivity contribution in [3.63, 3.8) is 0 Å². The van der Waals surface area contributed by atoms with Crippen molar-refractivity contribution in [3.05, 3.63) is 39.2 Å². The molecule has 2 aromatic rings. The molecule has 0 saturated heterocycles. The first-order valence-electron chi connectivity index (χ1n) is 8.93. The molecule has 1 amide bonds. The summed E-state index contributed by atoms with van der Waals surface area (Å²) in [5, 5.41) is 21.5. The molecule has 1 aliphatic heterocycles. The van der Waals surface area contributed by atoms with E-state index >= 15 is 0 Å². The van der Waals surface area contributed by atoms with Gasteiger partial charge in [-0.15, -0.1) is 0 Å². The fourth-order valence-electron chi connectivity index (χ4n) is 4.35. The Bertz CT molecular complexity index is 1010. The molecule has 2 unspecified atom stereocenters. The molecule has 28 heavy (non-hydrogen) atoms. The molecule has 3 heterocycles. The van der Waals surface area contributed by atoms with Crippen LogP contribution in [0.2, 0.25) is 5.02 Å². The third-order valence-electron chi connectivity index (χ3n) is 5.35. The number of nitrogens with zero attached hydrogens (tertiary/aromatic N) is 4. The molecule has 9 heteroatoms. The number of pyridine rings is 1. The topological polar surface area (TPSA) is 101 Å².